The van der Waals surface area contributed by atoms with Gasteiger partial charge in [0.2, 0.25) is 0 Å². The van der Waals surface area contributed by atoms with Crippen molar-refractivity contribution < 1.29 is 27.1 Å². The summed E-state index contributed by atoms with van der Waals surface area (Å²) in [6, 6.07) is 11.2. The Bertz CT molecular complexity index is 1570. The minimum atomic E-state index is -3.17. The van der Waals surface area contributed by atoms with Crippen molar-refractivity contribution in [2.75, 3.05) is 24.7 Å². The average Bonchev–Trinajstić information content (AvgIpc) is 3.45. The molecule has 1 aliphatic carbocycles. The molecule has 0 spiro atoms. The van der Waals surface area contributed by atoms with Crippen molar-refractivity contribution in [3.63, 3.8) is 0 Å². The molecule has 2 aliphatic rings. The number of allylic oxidation sites excluding steroid dienone is 1. The highest BCUT2D eigenvalue weighted by atomic mass is 35.5. The minimum absolute atomic E-state index is 0.0460. The van der Waals surface area contributed by atoms with Gasteiger partial charge in [0.25, 0.3) is 5.91 Å². The minimum Gasteiger partial charge on any atom is -0.452 e. The number of benzene rings is 2. The zero-order valence-corrected chi connectivity index (χ0v) is 22.3. The zero-order chi connectivity index (χ0) is 27.0. The van der Waals surface area contributed by atoms with Crippen LogP contribution >= 0.6 is 11.6 Å². The molecule has 7 nitrogen and oxygen atoms in total. The van der Waals surface area contributed by atoms with E-state index >= 15 is 0 Å². The summed E-state index contributed by atoms with van der Waals surface area (Å²) in [7, 11) is -3.17. The molecular formula is C28H26ClFN2O5S. The summed E-state index contributed by atoms with van der Waals surface area (Å²) in [5.41, 5.74) is 3.16. The van der Waals surface area contributed by atoms with Crippen LogP contribution in [0.1, 0.15) is 46.9 Å². The molecule has 3 aromatic rings. The second-order valence-electron chi connectivity index (χ2n) is 9.45. The number of pyridine rings is 1. The van der Waals surface area contributed by atoms with Crippen molar-refractivity contribution in [3.05, 3.63) is 75.7 Å². The van der Waals surface area contributed by atoms with Crippen molar-refractivity contribution >= 4 is 55.9 Å². The third kappa shape index (κ3) is 5.05. The Labute approximate surface area is 225 Å². The Morgan fingerprint density at radius 2 is 1.97 bits per heavy atom. The molecule has 1 atom stereocenters. The van der Waals surface area contributed by atoms with Gasteiger partial charge in [0.1, 0.15) is 5.82 Å². The Morgan fingerprint density at radius 3 is 2.68 bits per heavy atom. The van der Waals surface area contributed by atoms with E-state index in [1.807, 2.05) is 0 Å². The lowest BCUT2D eigenvalue weighted by Gasteiger charge is -2.26. The molecular weight excluding hydrogens is 531 g/mol. The van der Waals surface area contributed by atoms with Crippen molar-refractivity contribution in [3.8, 4) is 0 Å². The van der Waals surface area contributed by atoms with Crippen LogP contribution in [0.3, 0.4) is 0 Å². The average molecular weight is 557 g/mol. The van der Waals surface area contributed by atoms with E-state index in [2.05, 4.69) is 0 Å². The standard InChI is InChI=1S/C28H26ClFN2O5S/c1-2-32(18-12-13-38(35,36)16-18)25(33)15-37-28(34)26-19-6-3-4-9-24(19)31-27-17(10-11-20(26)27)14-21-22(29)7-5-8-23(21)30/h3-9,14,18H,2,10-13,15-16H2,1H3/b17-14+/t18-/m1/s1. The number of carbonyl (C=O) groups excluding carboxylic acids is 2. The molecule has 0 N–H and O–H groups in total. The molecule has 10 heteroatoms. The van der Waals surface area contributed by atoms with E-state index in [-0.39, 0.29) is 22.1 Å². The fourth-order valence-electron chi connectivity index (χ4n) is 5.28. The highest BCUT2D eigenvalue weighted by Crippen LogP contribution is 2.38. The first-order chi connectivity index (χ1) is 18.2. The molecule has 5 rings (SSSR count). The number of likely N-dealkylation sites (N-methyl/N-ethyl adjacent to an activating group) is 1. The molecule has 1 aliphatic heterocycles. The third-order valence-corrected chi connectivity index (χ3v) is 9.18. The lowest BCUT2D eigenvalue weighted by molar-refractivity contribution is -0.136. The monoisotopic (exact) mass is 556 g/mol. The molecule has 1 saturated heterocycles. The van der Waals surface area contributed by atoms with Crippen molar-refractivity contribution in [1.29, 1.82) is 0 Å². The number of para-hydroxylation sites is 1. The fraction of sp³-hybridized carbons (Fsp3) is 0.321. The summed E-state index contributed by atoms with van der Waals surface area (Å²) in [5, 5.41) is 0.878. The lowest BCUT2D eigenvalue weighted by Crippen LogP contribution is -2.43. The molecule has 0 radical (unpaired) electrons. The molecule has 0 bridgehead atoms. The van der Waals surface area contributed by atoms with Gasteiger partial charge in [-0.2, -0.15) is 0 Å². The molecule has 1 amide bonds. The number of nitrogens with zero attached hydrogens (tertiary/aromatic N) is 2. The number of rotatable bonds is 6. The van der Waals surface area contributed by atoms with Gasteiger partial charge < -0.3 is 9.64 Å². The van der Waals surface area contributed by atoms with E-state index in [1.165, 1.54) is 17.0 Å². The summed E-state index contributed by atoms with van der Waals surface area (Å²) in [6.07, 6.45) is 3.06. The zero-order valence-electron chi connectivity index (χ0n) is 20.7. The summed E-state index contributed by atoms with van der Waals surface area (Å²) >= 11 is 6.23. The molecule has 0 unspecified atom stereocenters. The molecule has 1 fully saturated rings. The molecule has 1 aromatic heterocycles. The predicted molar refractivity (Wildman–Crippen MR) is 144 cm³/mol. The van der Waals surface area contributed by atoms with E-state index in [1.54, 1.807) is 43.3 Å². The molecule has 38 heavy (non-hydrogen) atoms. The van der Waals surface area contributed by atoms with E-state index < -0.39 is 40.2 Å². The number of carbonyl (C=O) groups is 2. The van der Waals surface area contributed by atoms with Crippen LogP contribution in [0.5, 0.6) is 0 Å². The Hall–Kier alpha value is -3.30. The topological polar surface area (TPSA) is 93.6 Å². The summed E-state index contributed by atoms with van der Waals surface area (Å²) in [5.74, 6) is -1.58. The number of hydrogen-bond acceptors (Lipinski definition) is 6. The number of hydrogen-bond donors (Lipinski definition) is 0. The highest BCUT2D eigenvalue weighted by molar-refractivity contribution is 7.91. The fourth-order valence-corrected chi connectivity index (χ4v) is 7.23. The predicted octanol–water partition coefficient (Wildman–Crippen LogP) is 4.71. The van der Waals surface area contributed by atoms with Crippen molar-refractivity contribution in [1.82, 2.24) is 9.88 Å². The second-order valence-corrected chi connectivity index (χ2v) is 12.1. The molecule has 2 heterocycles. The summed E-state index contributed by atoms with van der Waals surface area (Å²) < 4.78 is 43.7. The first-order valence-electron chi connectivity index (χ1n) is 12.4. The first-order valence-corrected chi connectivity index (χ1v) is 14.6. The number of fused-ring (bicyclic) bond motifs is 2. The van der Waals surface area contributed by atoms with Gasteiger partial charge in [-0.15, -0.1) is 0 Å². The van der Waals surface area contributed by atoms with Crippen LogP contribution in [-0.2, 0) is 25.8 Å². The number of halogens is 2. The van der Waals surface area contributed by atoms with Crippen LogP contribution in [0.25, 0.3) is 22.6 Å². The van der Waals surface area contributed by atoms with E-state index in [9.17, 15) is 22.4 Å². The normalized spacial score (nSPS) is 19.0. The van der Waals surface area contributed by atoms with E-state index in [4.69, 9.17) is 21.3 Å². The van der Waals surface area contributed by atoms with Gasteiger partial charge in [-0.05, 0) is 61.6 Å². The second kappa shape index (κ2) is 10.5. The maximum Gasteiger partial charge on any atom is 0.339 e. The molecule has 2 aromatic carbocycles. The van der Waals surface area contributed by atoms with Crippen LogP contribution in [0.4, 0.5) is 4.39 Å². The third-order valence-electron chi connectivity index (χ3n) is 7.10. The van der Waals surface area contributed by atoms with Gasteiger partial charge >= 0.3 is 5.97 Å². The molecule has 198 valence electrons. The van der Waals surface area contributed by atoms with E-state index in [0.29, 0.717) is 53.5 Å². The smallest absolute Gasteiger partial charge is 0.339 e. The SMILES string of the molecule is CCN(C(=O)COC(=O)c1c2c(nc3ccccc13)/C(=C/c1c(F)cccc1Cl)CC2)[C@@H]1CCS(=O)(=O)C1. The van der Waals surface area contributed by atoms with Gasteiger partial charge in [0.15, 0.2) is 16.4 Å². The van der Waals surface area contributed by atoms with Gasteiger partial charge in [-0.25, -0.2) is 22.6 Å². The largest absolute Gasteiger partial charge is 0.452 e. The highest BCUT2D eigenvalue weighted by Gasteiger charge is 2.34. The first kappa shape index (κ1) is 26.3. The quantitative estimate of drug-likeness (QED) is 0.408. The Morgan fingerprint density at radius 1 is 1.18 bits per heavy atom. The van der Waals surface area contributed by atoms with Crippen LogP contribution in [0, 0.1) is 5.82 Å². The number of ether oxygens (including phenoxy) is 1. The number of amides is 1. The summed E-state index contributed by atoms with van der Waals surface area (Å²) in [6.45, 7) is 1.59. The van der Waals surface area contributed by atoms with Crippen molar-refractivity contribution in [2.24, 2.45) is 0 Å². The van der Waals surface area contributed by atoms with Gasteiger partial charge in [-0.3, -0.25) is 4.79 Å². The van der Waals surface area contributed by atoms with Crippen LogP contribution in [0.2, 0.25) is 5.02 Å². The van der Waals surface area contributed by atoms with Gasteiger partial charge in [-0.1, -0.05) is 35.9 Å². The maximum atomic E-state index is 14.5. The lowest BCUT2D eigenvalue weighted by atomic mass is 10.0. The van der Waals surface area contributed by atoms with Gasteiger partial charge in [0, 0.05) is 23.5 Å². The number of aromatic nitrogens is 1. The Kier molecular flexibility index (Phi) is 7.24. The number of sulfone groups is 1. The van der Waals surface area contributed by atoms with E-state index in [0.717, 1.165) is 5.57 Å². The van der Waals surface area contributed by atoms with Gasteiger partial charge in [0.05, 0.1) is 33.3 Å². The van der Waals surface area contributed by atoms with Crippen LogP contribution in [0.15, 0.2) is 42.5 Å². The summed E-state index contributed by atoms with van der Waals surface area (Å²) in [4.78, 5) is 32.6. The van der Waals surface area contributed by atoms with Crippen LogP contribution in [-0.4, -0.2) is 60.9 Å². The Balaban J connectivity index is 1.45. The molecule has 0 saturated carbocycles. The maximum absolute atomic E-state index is 14.5. The number of esters is 1. The van der Waals surface area contributed by atoms with Crippen LogP contribution < -0.4 is 0 Å². The van der Waals surface area contributed by atoms with Crippen molar-refractivity contribution in [2.45, 2.75) is 32.2 Å².